The highest BCUT2D eigenvalue weighted by molar-refractivity contribution is 5.51. The summed E-state index contributed by atoms with van der Waals surface area (Å²) in [7, 11) is 0. The van der Waals surface area contributed by atoms with E-state index in [-0.39, 0.29) is 0 Å². The Morgan fingerprint density at radius 3 is 1.21 bits per heavy atom. The molecule has 1 aliphatic heterocycles. The molecule has 248 valence electrons. The van der Waals surface area contributed by atoms with Gasteiger partial charge in [-0.25, -0.2) is 0 Å². The van der Waals surface area contributed by atoms with Gasteiger partial charge in [0.2, 0.25) is 0 Å². The van der Waals surface area contributed by atoms with Crippen molar-refractivity contribution in [2.45, 2.75) is 206 Å². The van der Waals surface area contributed by atoms with Gasteiger partial charge >= 0.3 is 0 Å². The number of hydrogen-bond acceptors (Lipinski definition) is 2. The SMILES string of the molecule is CCCCCCCCCCCCCCCCCCN1C=CN(c2ccccc2)C1CCCCCCCCCCCCCC. The monoisotopic (exact) mass is 595 g/mol. The molecule has 1 aliphatic rings. The summed E-state index contributed by atoms with van der Waals surface area (Å²) in [6.45, 7) is 5.82. The molecule has 0 aromatic heterocycles. The first kappa shape index (κ1) is 37.7. The Kier molecular flexibility index (Phi) is 24.6. The fourth-order valence-corrected chi connectivity index (χ4v) is 6.91. The number of anilines is 1. The molecular weight excluding hydrogens is 520 g/mol. The second-order valence-corrected chi connectivity index (χ2v) is 13.7. The predicted molar refractivity (Wildman–Crippen MR) is 194 cm³/mol. The molecule has 1 heterocycles. The lowest BCUT2D eigenvalue weighted by Gasteiger charge is -2.33. The minimum absolute atomic E-state index is 0.502. The summed E-state index contributed by atoms with van der Waals surface area (Å²) in [5.41, 5.74) is 1.34. The maximum Gasteiger partial charge on any atom is 0.105 e. The van der Waals surface area contributed by atoms with Crippen molar-refractivity contribution in [1.29, 1.82) is 0 Å². The van der Waals surface area contributed by atoms with Crippen LogP contribution >= 0.6 is 0 Å². The zero-order chi connectivity index (χ0) is 30.5. The first-order valence-corrected chi connectivity index (χ1v) is 19.6. The molecule has 0 N–H and O–H groups in total. The summed E-state index contributed by atoms with van der Waals surface area (Å²) in [6.07, 6.45) is 46.6. The van der Waals surface area contributed by atoms with Gasteiger partial charge in [0.05, 0.1) is 0 Å². The highest BCUT2D eigenvalue weighted by atomic mass is 15.4. The van der Waals surface area contributed by atoms with Crippen LogP contribution in [0.4, 0.5) is 5.69 Å². The van der Waals surface area contributed by atoms with Crippen LogP contribution in [0.5, 0.6) is 0 Å². The van der Waals surface area contributed by atoms with Gasteiger partial charge in [-0.05, 0) is 31.4 Å². The normalized spacial score (nSPS) is 14.8. The molecule has 0 fully saturated rings. The summed E-state index contributed by atoms with van der Waals surface area (Å²) in [5.74, 6) is 0. The predicted octanol–water partition coefficient (Wildman–Crippen LogP) is 14.0. The van der Waals surface area contributed by atoms with Crippen LogP contribution in [0.2, 0.25) is 0 Å². The van der Waals surface area contributed by atoms with Gasteiger partial charge in [-0.1, -0.05) is 199 Å². The summed E-state index contributed by atoms with van der Waals surface area (Å²) in [6, 6.07) is 11.1. The van der Waals surface area contributed by atoms with Gasteiger partial charge in [-0.3, -0.25) is 0 Å². The van der Waals surface area contributed by atoms with Crippen molar-refractivity contribution in [1.82, 2.24) is 4.90 Å². The Labute approximate surface area is 270 Å². The van der Waals surface area contributed by atoms with Crippen molar-refractivity contribution >= 4 is 5.69 Å². The van der Waals surface area contributed by atoms with E-state index in [2.05, 4.69) is 66.4 Å². The third kappa shape index (κ3) is 19.5. The second-order valence-electron chi connectivity index (χ2n) is 13.7. The van der Waals surface area contributed by atoms with Gasteiger partial charge in [0.15, 0.2) is 0 Å². The summed E-state index contributed by atoms with van der Waals surface area (Å²) >= 11 is 0. The van der Waals surface area contributed by atoms with Crippen LogP contribution in [0.25, 0.3) is 0 Å². The van der Waals surface area contributed by atoms with Crippen molar-refractivity contribution in [3.8, 4) is 0 Å². The molecule has 0 radical (unpaired) electrons. The van der Waals surface area contributed by atoms with Crippen molar-refractivity contribution in [2.24, 2.45) is 0 Å². The molecule has 0 saturated carbocycles. The van der Waals surface area contributed by atoms with Crippen LogP contribution in [-0.4, -0.2) is 17.6 Å². The number of unbranched alkanes of at least 4 members (excludes halogenated alkanes) is 26. The van der Waals surface area contributed by atoms with Gasteiger partial charge in [0.1, 0.15) is 6.17 Å². The number of rotatable bonds is 31. The largest absolute Gasteiger partial charge is 0.356 e. The Morgan fingerprint density at radius 1 is 0.419 bits per heavy atom. The van der Waals surface area contributed by atoms with Crippen molar-refractivity contribution in [3.05, 3.63) is 42.7 Å². The molecule has 0 aliphatic carbocycles. The molecule has 1 aromatic rings. The Balaban J connectivity index is 1.51. The first-order chi connectivity index (χ1) is 21.4. The Hall–Kier alpha value is -1.44. The topological polar surface area (TPSA) is 6.48 Å². The highest BCUT2D eigenvalue weighted by Crippen LogP contribution is 2.28. The van der Waals surface area contributed by atoms with E-state index >= 15 is 0 Å². The zero-order valence-electron chi connectivity index (χ0n) is 29.2. The smallest absolute Gasteiger partial charge is 0.105 e. The molecule has 0 bridgehead atoms. The van der Waals surface area contributed by atoms with E-state index < -0.39 is 0 Å². The van der Waals surface area contributed by atoms with Crippen LogP contribution in [0.3, 0.4) is 0 Å². The number of nitrogens with zero attached hydrogens (tertiary/aromatic N) is 2. The third-order valence-corrected chi connectivity index (χ3v) is 9.76. The van der Waals surface area contributed by atoms with Crippen molar-refractivity contribution < 1.29 is 0 Å². The number of hydrogen-bond donors (Lipinski definition) is 0. The molecule has 2 nitrogen and oxygen atoms in total. The average molecular weight is 595 g/mol. The quantitative estimate of drug-likeness (QED) is 0.0789. The van der Waals surface area contributed by atoms with E-state index in [9.17, 15) is 0 Å². The third-order valence-electron chi connectivity index (χ3n) is 9.76. The lowest BCUT2D eigenvalue weighted by atomic mass is 10.0. The van der Waals surface area contributed by atoms with Gasteiger partial charge in [0, 0.05) is 24.6 Å². The molecule has 0 amide bonds. The van der Waals surface area contributed by atoms with E-state index in [1.807, 2.05) is 0 Å². The molecule has 43 heavy (non-hydrogen) atoms. The molecule has 2 heteroatoms. The molecule has 0 spiro atoms. The minimum Gasteiger partial charge on any atom is -0.356 e. The maximum atomic E-state index is 2.65. The highest BCUT2D eigenvalue weighted by Gasteiger charge is 2.26. The van der Waals surface area contributed by atoms with Crippen LogP contribution in [0.1, 0.15) is 200 Å². The van der Waals surface area contributed by atoms with E-state index in [0.29, 0.717) is 6.17 Å². The molecule has 1 atom stereocenters. The minimum atomic E-state index is 0.502. The molecule has 2 rings (SSSR count). The Morgan fingerprint density at radius 2 is 0.791 bits per heavy atom. The fourth-order valence-electron chi connectivity index (χ4n) is 6.91. The van der Waals surface area contributed by atoms with E-state index in [1.54, 1.807) is 0 Å². The first-order valence-electron chi connectivity index (χ1n) is 19.6. The van der Waals surface area contributed by atoms with Crippen LogP contribution in [0.15, 0.2) is 42.7 Å². The molecule has 1 aromatic carbocycles. The van der Waals surface area contributed by atoms with E-state index in [4.69, 9.17) is 0 Å². The van der Waals surface area contributed by atoms with Crippen LogP contribution < -0.4 is 4.90 Å². The molecular formula is C41H74N2. The molecule has 1 unspecified atom stereocenters. The number of benzene rings is 1. The lowest BCUT2D eigenvalue weighted by Crippen LogP contribution is -2.39. The van der Waals surface area contributed by atoms with Crippen molar-refractivity contribution in [2.75, 3.05) is 11.4 Å². The number of para-hydroxylation sites is 1. The van der Waals surface area contributed by atoms with E-state index in [1.165, 1.54) is 198 Å². The van der Waals surface area contributed by atoms with Crippen molar-refractivity contribution in [3.63, 3.8) is 0 Å². The maximum absolute atomic E-state index is 2.65. The average Bonchev–Trinajstić information content (AvgIpc) is 3.44. The van der Waals surface area contributed by atoms with Gasteiger partial charge in [-0.15, -0.1) is 0 Å². The van der Waals surface area contributed by atoms with Crippen LogP contribution in [0, 0.1) is 0 Å². The Bertz CT molecular complexity index is 728. The van der Waals surface area contributed by atoms with Gasteiger partial charge in [0.25, 0.3) is 0 Å². The zero-order valence-corrected chi connectivity index (χ0v) is 29.2. The fraction of sp³-hybridized carbons (Fsp3) is 0.805. The van der Waals surface area contributed by atoms with Gasteiger partial charge < -0.3 is 9.80 Å². The summed E-state index contributed by atoms with van der Waals surface area (Å²) < 4.78 is 0. The summed E-state index contributed by atoms with van der Waals surface area (Å²) in [5, 5.41) is 0. The van der Waals surface area contributed by atoms with Gasteiger partial charge in [-0.2, -0.15) is 0 Å². The second kappa shape index (κ2) is 28.1. The standard InChI is InChI=1S/C41H74N2/c1-3-5-7-9-11-13-15-17-18-19-20-22-24-26-28-33-37-42-38-39-43(40-34-30-29-31-35-40)41(42)36-32-27-25-23-21-16-14-12-10-8-6-4-2/h29-31,34-35,38-39,41H,3-28,32-33,36-37H2,1-2H3. The summed E-state index contributed by atoms with van der Waals surface area (Å²) in [4.78, 5) is 5.18. The van der Waals surface area contributed by atoms with Crippen LogP contribution in [-0.2, 0) is 0 Å². The molecule has 0 saturated heterocycles. The lowest BCUT2D eigenvalue weighted by molar-refractivity contribution is 0.273. The van der Waals surface area contributed by atoms with E-state index in [0.717, 1.165) is 0 Å².